The molecule has 4 nitrogen and oxygen atoms in total. The quantitative estimate of drug-likeness (QED) is 0.589. The lowest BCUT2D eigenvalue weighted by atomic mass is 9.95. The molecule has 0 radical (unpaired) electrons. The minimum Gasteiger partial charge on any atom is -0.398 e. The first-order chi connectivity index (χ1) is 11.5. The number of benzene rings is 1. The molecule has 4 rings (SSSR count). The molecule has 5 heteroatoms. The number of hydrogen-bond acceptors (Lipinski definition) is 3. The number of nitrogens with two attached hydrogens (primary N) is 1. The van der Waals surface area contributed by atoms with Crippen LogP contribution in [0, 0.1) is 24.7 Å². The molecule has 4 N–H and O–H groups in total. The van der Waals surface area contributed by atoms with Crippen LogP contribution < -0.4 is 11.1 Å². The van der Waals surface area contributed by atoms with Crippen molar-refractivity contribution in [3.63, 3.8) is 0 Å². The molecule has 0 amide bonds. The van der Waals surface area contributed by atoms with Crippen molar-refractivity contribution in [3.05, 3.63) is 46.8 Å². The molecule has 2 aromatic rings. The number of aryl methyl sites for hydroxylation is 1. The van der Waals surface area contributed by atoms with Crippen LogP contribution in [0.4, 0.5) is 11.4 Å². The minimum atomic E-state index is 0.726. The van der Waals surface area contributed by atoms with Crippen molar-refractivity contribution in [2.24, 2.45) is 17.8 Å². The van der Waals surface area contributed by atoms with Crippen LogP contribution in [0.3, 0.4) is 0 Å². The fourth-order valence-electron chi connectivity index (χ4n) is 4.05. The van der Waals surface area contributed by atoms with Gasteiger partial charge in [-0.2, -0.15) is 5.10 Å². The van der Waals surface area contributed by atoms with Crippen molar-refractivity contribution >= 4 is 31.7 Å². The third-order valence-corrected chi connectivity index (χ3v) is 6.06. The van der Waals surface area contributed by atoms with Crippen molar-refractivity contribution in [1.82, 2.24) is 10.2 Å². The number of aromatic nitrogens is 2. The van der Waals surface area contributed by atoms with Crippen molar-refractivity contribution in [3.8, 4) is 0 Å². The Morgan fingerprint density at radius 1 is 1.42 bits per heavy atom. The highest BCUT2D eigenvalue weighted by atomic mass is 31.0. The van der Waals surface area contributed by atoms with Gasteiger partial charge < -0.3 is 11.1 Å². The van der Waals surface area contributed by atoms with E-state index in [2.05, 4.69) is 50.9 Å². The van der Waals surface area contributed by atoms with Gasteiger partial charge in [0.15, 0.2) is 0 Å². The van der Waals surface area contributed by atoms with Gasteiger partial charge in [-0.3, -0.25) is 5.10 Å². The summed E-state index contributed by atoms with van der Waals surface area (Å²) in [6.45, 7) is 8.64. The molecular formula is C19H23N4P. The Bertz CT molecular complexity index is 851. The Labute approximate surface area is 144 Å². The van der Waals surface area contributed by atoms with Gasteiger partial charge in [0.05, 0.1) is 5.70 Å². The summed E-state index contributed by atoms with van der Waals surface area (Å²) >= 11 is 0. The molecule has 3 atom stereocenters. The number of H-pyrrole nitrogens is 1. The number of nitrogens with one attached hydrogen (secondary N) is 2. The lowest BCUT2D eigenvalue weighted by Crippen LogP contribution is -2.08. The van der Waals surface area contributed by atoms with E-state index in [9.17, 15) is 0 Å². The van der Waals surface area contributed by atoms with Gasteiger partial charge >= 0.3 is 0 Å². The second-order valence-electron chi connectivity index (χ2n) is 7.17. The van der Waals surface area contributed by atoms with Crippen LogP contribution in [0.25, 0.3) is 5.70 Å². The highest BCUT2D eigenvalue weighted by Gasteiger charge is 2.50. The predicted octanol–water partition coefficient (Wildman–Crippen LogP) is 3.66. The number of fused-ring (bicyclic) bond motifs is 2. The van der Waals surface area contributed by atoms with Crippen molar-refractivity contribution < 1.29 is 0 Å². The van der Waals surface area contributed by atoms with E-state index >= 15 is 0 Å². The molecule has 2 aliphatic rings. The summed E-state index contributed by atoms with van der Waals surface area (Å²) in [7, 11) is 3.40. The van der Waals surface area contributed by atoms with Gasteiger partial charge in [-0.05, 0) is 61.0 Å². The van der Waals surface area contributed by atoms with Gasteiger partial charge in [0.1, 0.15) is 5.69 Å². The Kier molecular flexibility index (Phi) is 3.54. The molecule has 1 fully saturated rings. The number of hydrogen-bond donors (Lipinski definition) is 3. The molecule has 1 heterocycles. The number of nitrogen functional groups attached to an aromatic ring is 1. The zero-order valence-corrected chi connectivity index (χ0v) is 15.1. The average molecular weight is 338 g/mol. The summed E-state index contributed by atoms with van der Waals surface area (Å²) in [6.07, 6.45) is 2.25. The average Bonchev–Trinajstić information content (AvgIpc) is 3.01. The first-order valence-electron chi connectivity index (χ1n) is 8.42. The van der Waals surface area contributed by atoms with E-state index < -0.39 is 0 Å². The fourth-order valence-corrected chi connectivity index (χ4v) is 4.30. The predicted molar refractivity (Wildman–Crippen MR) is 104 cm³/mol. The molecule has 3 unspecified atom stereocenters. The summed E-state index contributed by atoms with van der Waals surface area (Å²) in [5.41, 5.74) is 14.3. The lowest BCUT2D eigenvalue weighted by molar-refractivity contribution is 0.638. The topological polar surface area (TPSA) is 66.7 Å². The summed E-state index contributed by atoms with van der Waals surface area (Å²) < 4.78 is 0. The van der Waals surface area contributed by atoms with Crippen LogP contribution in [-0.4, -0.2) is 16.0 Å². The third kappa shape index (κ3) is 2.37. The highest BCUT2D eigenvalue weighted by molar-refractivity contribution is 7.19. The monoisotopic (exact) mass is 338 g/mol. The number of nitrogens with zero attached hydrogens (tertiary/aromatic N) is 1. The van der Waals surface area contributed by atoms with Crippen LogP contribution >= 0.6 is 8.86 Å². The summed E-state index contributed by atoms with van der Waals surface area (Å²) in [4.78, 5) is 0. The maximum Gasteiger partial charge on any atom is 0.111 e. The highest BCUT2D eigenvalue weighted by Crippen LogP contribution is 2.53. The van der Waals surface area contributed by atoms with E-state index in [0.29, 0.717) is 0 Å². The van der Waals surface area contributed by atoms with E-state index in [1.807, 2.05) is 11.9 Å². The Morgan fingerprint density at radius 2 is 2.17 bits per heavy atom. The molecule has 2 aliphatic carbocycles. The standard InChI is InChI=1S/C19H23N4P/c1-9-4-12(8-24)16(20)7-17(9)21-11(3)19-15-5-13-10(2)14(13)6-18(15)22-23-19/h4,7-8,10,13-14,21,24H,3,5-6,20H2,1-2H3,(H,22,23). The summed E-state index contributed by atoms with van der Waals surface area (Å²) in [6, 6.07) is 4.00. The molecule has 24 heavy (non-hydrogen) atoms. The van der Waals surface area contributed by atoms with Crippen LogP contribution in [-0.2, 0) is 12.8 Å². The first-order valence-corrected chi connectivity index (χ1v) is 9.00. The van der Waals surface area contributed by atoms with Gasteiger partial charge in [0, 0.05) is 28.2 Å². The first kappa shape index (κ1) is 15.5. The van der Waals surface area contributed by atoms with Crippen molar-refractivity contribution in [2.45, 2.75) is 26.7 Å². The van der Waals surface area contributed by atoms with E-state index in [1.165, 1.54) is 11.3 Å². The van der Waals surface area contributed by atoms with E-state index in [1.54, 1.807) is 0 Å². The number of anilines is 2. The smallest absolute Gasteiger partial charge is 0.111 e. The zero-order chi connectivity index (χ0) is 17.0. The van der Waals surface area contributed by atoms with Crippen molar-refractivity contribution in [1.29, 1.82) is 0 Å². The maximum absolute atomic E-state index is 6.09. The molecule has 124 valence electrons. The van der Waals surface area contributed by atoms with Crippen LogP contribution in [0.2, 0.25) is 0 Å². The molecule has 0 aliphatic heterocycles. The molecule has 0 saturated heterocycles. The van der Waals surface area contributed by atoms with E-state index in [-0.39, 0.29) is 0 Å². The second kappa shape index (κ2) is 5.49. The maximum atomic E-state index is 6.09. The second-order valence-corrected chi connectivity index (χ2v) is 7.46. The normalized spacial score (nSPS) is 24.0. The van der Waals surface area contributed by atoms with Crippen LogP contribution in [0.5, 0.6) is 0 Å². The van der Waals surface area contributed by atoms with Gasteiger partial charge in [0.25, 0.3) is 0 Å². The molecule has 1 saturated carbocycles. The van der Waals surface area contributed by atoms with Gasteiger partial charge in [-0.1, -0.05) is 13.5 Å². The molecule has 1 aromatic heterocycles. The Morgan fingerprint density at radius 3 is 2.92 bits per heavy atom. The molecular weight excluding hydrogens is 315 g/mol. The van der Waals surface area contributed by atoms with Gasteiger partial charge in [-0.25, -0.2) is 0 Å². The largest absolute Gasteiger partial charge is 0.398 e. The minimum absolute atomic E-state index is 0.726. The van der Waals surface area contributed by atoms with E-state index in [4.69, 9.17) is 5.73 Å². The molecule has 0 bridgehead atoms. The van der Waals surface area contributed by atoms with E-state index in [0.717, 1.165) is 64.5 Å². The van der Waals surface area contributed by atoms with Crippen LogP contribution in [0.1, 0.15) is 35.0 Å². The van der Waals surface area contributed by atoms with Crippen molar-refractivity contribution in [2.75, 3.05) is 11.1 Å². The summed E-state index contributed by atoms with van der Waals surface area (Å²) in [5.74, 6) is 4.35. The summed E-state index contributed by atoms with van der Waals surface area (Å²) in [5, 5.41) is 11.2. The number of rotatable bonds is 4. The Hall–Kier alpha value is -2.06. The van der Waals surface area contributed by atoms with Gasteiger partial charge in [0.2, 0.25) is 0 Å². The molecule has 1 aromatic carbocycles. The van der Waals surface area contributed by atoms with Gasteiger partial charge in [-0.15, -0.1) is 8.86 Å². The lowest BCUT2D eigenvalue weighted by Gasteiger charge is -2.15. The van der Waals surface area contributed by atoms with Crippen LogP contribution in [0.15, 0.2) is 18.7 Å². The zero-order valence-electron chi connectivity index (χ0n) is 14.1. The number of aromatic amines is 1. The Balaban J connectivity index is 1.59. The molecule has 0 spiro atoms. The third-order valence-electron chi connectivity index (χ3n) is 5.75. The fraction of sp³-hybridized carbons (Fsp3) is 0.368. The SMILES string of the molecule is C=C(Nc1cc(N)c(C=P)cc1C)c1n[nH]c2c1CC1C(C)C1C2.